The summed E-state index contributed by atoms with van der Waals surface area (Å²) in [5.41, 5.74) is 11.2. The number of carbonyl (C=O) groups is 4. The summed E-state index contributed by atoms with van der Waals surface area (Å²) in [5, 5.41) is 14.1. The van der Waals surface area contributed by atoms with Crippen molar-refractivity contribution in [2.24, 2.45) is 0 Å². The maximum absolute atomic E-state index is 13.2. The lowest BCUT2D eigenvalue weighted by Gasteiger charge is -2.16. The predicted octanol–water partition coefficient (Wildman–Crippen LogP) is 8.18. The highest BCUT2D eigenvalue weighted by Crippen LogP contribution is 2.52. The number of carboxylic acids is 1. The number of H-pyrrole nitrogens is 2. The monoisotopic (exact) mass is 858 g/mol. The molecular weight excluding hydrogens is 809 g/mol. The van der Waals surface area contributed by atoms with Crippen LogP contribution in [-0.4, -0.2) is 65.7 Å². The number of benzene rings is 4. The van der Waals surface area contributed by atoms with Gasteiger partial charge in [-0.3, -0.25) is 19.2 Å². The number of aliphatic carboxylic acids is 1. The number of aromatic nitrogens is 2. The molecule has 4 aliphatic rings. The van der Waals surface area contributed by atoms with E-state index in [9.17, 15) is 19.2 Å². The SMILES string of the molecule is CCOC(=O)C(C)c1cc2cc(N)ccc2[nH]1.CCOC(=O)C(C)c1cc2cc(NC(=O)C3(c4ccc5c(c4)OCO5)CC3)ccc2[nH]1.O=C(O)C1(c2ccc3c(c2)OCO3)CC1. The molecule has 63 heavy (non-hydrogen) atoms. The molecule has 1 amide bonds. The summed E-state index contributed by atoms with van der Waals surface area (Å²) in [6.07, 6.45) is 3.02. The lowest BCUT2D eigenvalue weighted by molar-refractivity contribution is -0.145. The minimum atomic E-state index is -0.749. The van der Waals surface area contributed by atoms with Crippen LogP contribution in [-0.2, 0) is 39.5 Å². The summed E-state index contributed by atoms with van der Waals surface area (Å²) in [7, 11) is 0. The predicted molar refractivity (Wildman–Crippen MR) is 234 cm³/mol. The lowest BCUT2D eigenvalue weighted by Crippen LogP contribution is -2.27. The van der Waals surface area contributed by atoms with Gasteiger partial charge < -0.3 is 54.5 Å². The molecule has 10 rings (SSSR count). The van der Waals surface area contributed by atoms with Gasteiger partial charge in [0.05, 0.1) is 35.9 Å². The maximum atomic E-state index is 13.2. The number of hydrogen-bond donors (Lipinski definition) is 5. The zero-order chi connectivity index (χ0) is 44.5. The number of aromatic amines is 2. The molecule has 2 fully saturated rings. The van der Waals surface area contributed by atoms with E-state index in [0.717, 1.165) is 62.8 Å². The molecule has 6 aromatic rings. The van der Waals surface area contributed by atoms with Crippen molar-refractivity contribution in [3.05, 3.63) is 107 Å². The molecule has 0 saturated heterocycles. The maximum Gasteiger partial charge on any atom is 0.314 e. The fourth-order valence-electron chi connectivity index (χ4n) is 7.82. The van der Waals surface area contributed by atoms with E-state index in [1.54, 1.807) is 26.0 Å². The Bertz CT molecular complexity index is 2710. The highest BCUT2D eigenvalue weighted by molar-refractivity contribution is 6.02. The number of rotatable bonds is 11. The number of nitrogen functional groups attached to an aromatic ring is 1. The smallest absolute Gasteiger partial charge is 0.314 e. The van der Waals surface area contributed by atoms with Gasteiger partial charge in [0.25, 0.3) is 0 Å². The number of amides is 1. The first-order chi connectivity index (χ1) is 30.3. The van der Waals surface area contributed by atoms with Gasteiger partial charge >= 0.3 is 17.9 Å². The number of hydrogen-bond acceptors (Lipinski definition) is 11. The van der Waals surface area contributed by atoms with Gasteiger partial charge in [0, 0.05) is 44.6 Å². The number of ether oxygens (including phenoxy) is 6. The highest BCUT2D eigenvalue weighted by Gasteiger charge is 2.53. The van der Waals surface area contributed by atoms with Crippen LogP contribution in [0.25, 0.3) is 21.8 Å². The summed E-state index contributed by atoms with van der Waals surface area (Å²) < 4.78 is 31.4. The van der Waals surface area contributed by atoms with Crippen molar-refractivity contribution < 1.29 is 52.7 Å². The van der Waals surface area contributed by atoms with E-state index >= 15 is 0 Å². The first-order valence-electron chi connectivity index (χ1n) is 21.0. The van der Waals surface area contributed by atoms with Crippen molar-refractivity contribution in [3.63, 3.8) is 0 Å². The second kappa shape index (κ2) is 17.3. The molecular formula is C48H50N4O11. The number of carboxylic acid groups (broad SMARTS) is 1. The van der Waals surface area contributed by atoms with Gasteiger partial charge in [0.1, 0.15) is 0 Å². The van der Waals surface area contributed by atoms with Crippen molar-refractivity contribution >= 4 is 57.0 Å². The molecule has 6 N–H and O–H groups in total. The number of esters is 2. The van der Waals surface area contributed by atoms with Crippen molar-refractivity contribution in [2.45, 2.75) is 76.0 Å². The lowest BCUT2D eigenvalue weighted by atomic mass is 9.94. The van der Waals surface area contributed by atoms with Crippen LogP contribution >= 0.6 is 0 Å². The number of fused-ring (bicyclic) bond motifs is 4. The van der Waals surface area contributed by atoms with E-state index in [0.29, 0.717) is 54.7 Å². The summed E-state index contributed by atoms with van der Waals surface area (Å²) in [6.45, 7) is 8.42. The van der Waals surface area contributed by atoms with E-state index < -0.39 is 16.8 Å². The average Bonchev–Trinajstić information content (AvgIpc) is 3.99. The third-order valence-corrected chi connectivity index (χ3v) is 12.0. The Kier molecular flexibility index (Phi) is 11.7. The Hall–Kier alpha value is -7.16. The van der Waals surface area contributed by atoms with Gasteiger partial charge in [-0.05, 0) is 137 Å². The molecule has 15 nitrogen and oxygen atoms in total. The molecule has 4 aromatic carbocycles. The molecule has 2 atom stereocenters. The van der Waals surface area contributed by atoms with E-state index in [1.165, 1.54) is 0 Å². The minimum Gasteiger partial charge on any atom is -0.481 e. The number of anilines is 2. The van der Waals surface area contributed by atoms with Crippen molar-refractivity contribution in [2.75, 3.05) is 37.9 Å². The number of nitrogens with one attached hydrogen (secondary N) is 3. The first-order valence-corrected chi connectivity index (χ1v) is 21.0. The van der Waals surface area contributed by atoms with Gasteiger partial charge in [0.15, 0.2) is 23.0 Å². The second-order valence-electron chi connectivity index (χ2n) is 16.1. The third kappa shape index (κ3) is 8.68. The average molecular weight is 859 g/mol. The topological polar surface area (TPSA) is 214 Å². The van der Waals surface area contributed by atoms with Gasteiger partial charge in [-0.2, -0.15) is 0 Å². The summed E-state index contributed by atoms with van der Waals surface area (Å²) >= 11 is 0. The van der Waals surface area contributed by atoms with Crippen LogP contribution in [0, 0.1) is 0 Å². The quantitative estimate of drug-likeness (QED) is 0.0616. The largest absolute Gasteiger partial charge is 0.481 e. The van der Waals surface area contributed by atoms with Gasteiger partial charge in [-0.25, -0.2) is 0 Å². The van der Waals surface area contributed by atoms with Crippen LogP contribution in [0.2, 0.25) is 0 Å². The van der Waals surface area contributed by atoms with Crippen LogP contribution in [0.5, 0.6) is 23.0 Å². The Balaban J connectivity index is 0.000000143. The minimum absolute atomic E-state index is 0.0265. The molecule has 2 unspecified atom stereocenters. The Morgan fingerprint density at radius 2 is 1.13 bits per heavy atom. The molecule has 0 spiro atoms. The summed E-state index contributed by atoms with van der Waals surface area (Å²) in [5.74, 6) is 0.825. The van der Waals surface area contributed by atoms with Gasteiger partial charge in [0.2, 0.25) is 19.5 Å². The first kappa shape index (κ1) is 42.5. The Morgan fingerprint density at radius 3 is 1.62 bits per heavy atom. The fourth-order valence-corrected chi connectivity index (χ4v) is 7.82. The Morgan fingerprint density at radius 1 is 0.651 bits per heavy atom. The molecule has 4 heterocycles. The molecule has 2 aliphatic heterocycles. The van der Waals surface area contributed by atoms with E-state index in [2.05, 4.69) is 15.3 Å². The Labute approximate surface area is 363 Å². The third-order valence-electron chi connectivity index (χ3n) is 12.0. The number of carbonyl (C=O) groups excluding carboxylic acids is 3. The molecule has 2 aromatic heterocycles. The van der Waals surface area contributed by atoms with Crippen molar-refractivity contribution in [3.8, 4) is 23.0 Å². The van der Waals surface area contributed by atoms with Crippen molar-refractivity contribution in [1.82, 2.24) is 9.97 Å². The van der Waals surface area contributed by atoms with Crippen LogP contribution in [0.15, 0.2) is 84.9 Å². The molecule has 0 bridgehead atoms. The van der Waals surface area contributed by atoms with Crippen molar-refractivity contribution in [1.29, 1.82) is 0 Å². The van der Waals surface area contributed by atoms with Crippen LogP contribution in [0.1, 0.15) is 87.7 Å². The molecule has 15 heteroatoms. The molecule has 328 valence electrons. The van der Waals surface area contributed by atoms with Crippen LogP contribution in [0.3, 0.4) is 0 Å². The second-order valence-corrected chi connectivity index (χ2v) is 16.1. The number of nitrogens with two attached hydrogens (primary N) is 1. The summed E-state index contributed by atoms with van der Waals surface area (Å²) in [4.78, 5) is 54.4. The van der Waals surface area contributed by atoms with Crippen LogP contribution < -0.4 is 30.0 Å². The fraction of sp³-hybridized carbons (Fsp3) is 0.333. The molecule has 0 radical (unpaired) electrons. The summed E-state index contributed by atoms with van der Waals surface area (Å²) in [6, 6.07) is 26.3. The van der Waals surface area contributed by atoms with E-state index in [-0.39, 0.29) is 43.3 Å². The highest BCUT2D eigenvalue weighted by atomic mass is 16.7. The standard InChI is InChI=1S/C24H24N2O5.C13H16N2O2.C11H10O4/c1-3-29-22(27)14(2)19-11-15-10-17(5-6-18(15)26-19)25-23(28)24(8-9-24)16-4-7-20-21(12-16)31-13-30-20;1-3-17-13(16)8(2)12-7-9-6-10(14)4-5-11(9)15-12;12-10(13)11(3-4-11)7-1-2-8-9(5-7)15-6-14-8/h4-7,10-12,14,26H,3,8-9,13H2,1-2H3,(H,25,28);4-8,15H,3,14H2,1-2H3;1-2,5H,3-4,6H2,(H,12,13). The molecule has 2 saturated carbocycles. The van der Waals surface area contributed by atoms with Crippen LogP contribution in [0.4, 0.5) is 11.4 Å². The van der Waals surface area contributed by atoms with E-state index in [1.807, 2.05) is 86.6 Å². The normalized spacial score (nSPS) is 16.4. The van der Waals surface area contributed by atoms with Gasteiger partial charge in [-0.15, -0.1) is 0 Å². The van der Waals surface area contributed by atoms with Gasteiger partial charge in [-0.1, -0.05) is 12.1 Å². The zero-order valence-corrected chi connectivity index (χ0v) is 35.5. The molecule has 2 aliphatic carbocycles. The zero-order valence-electron chi connectivity index (χ0n) is 35.5. The van der Waals surface area contributed by atoms with E-state index in [4.69, 9.17) is 39.3 Å².